The zero-order valence-electron chi connectivity index (χ0n) is 12.3. The highest BCUT2D eigenvalue weighted by Crippen LogP contribution is 2.32. The van der Waals surface area contributed by atoms with Crippen molar-refractivity contribution in [2.75, 3.05) is 17.2 Å². The fourth-order valence-electron chi connectivity index (χ4n) is 2.73. The molecule has 1 atom stereocenters. The second-order valence-corrected chi connectivity index (χ2v) is 5.10. The van der Waals surface area contributed by atoms with Crippen LogP contribution in [0.3, 0.4) is 0 Å². The first-order chi connectivity index (χ1) is 9.68. The van der Waals surface area contributed by atoms with Gasteiger partial charge in [0.15, 0.2) is 0 Å². The number of fused-ring (bicyclic) bond motifs is 1. The first kappa shape index (κ1) is 18.3. The number of halogens is 2. The van der Waals surface area contributed by atoms with Crippen LogP contribution in [0.25, 0.3) is 0 Å². The third-order valence-corrected chi connectivity index (χ3v) is 3.83. The number of carbonyl (C=O) groups is 1. The van der Waals surface area contributed by atoms with Gasteiger partial charge >= 0.3 is 0 Å². The van der Waals surface area contributed by atoms with Gasteiger partial charge in [-0.1, -0.05) is 6.07 Å². The van der Waals surface area contributed by atoms with E-state index in [2.05, 4.69) is 5.10 Å². The molecular weight excluding hydrogens is 323 g/mol. The summed E-state index contributed by atoms with van der Waals surface area (Å²) >= 11 is 0. The van der Waals surface area contributed by atoms with Gasteiger partial charge in [-0.25, -0.2) is 0 Å². The smallest absolute Gasteiger partial charge is 0.251 e. The Labute approximate surface area is 142 Å². The molecule has 7 heteroatoms. The number of nitrogen functional groups attached to an aromatic ring is 1. The summed E-state index contributed by atoms with van der Waals surface area (Å²) in [7, 11) is 0. The Morgan fingerprint density at radius 1 is 1.32 bits per heavy atom. The van der Waals surface area contributed by atoms with Crippen molar-refractivity contribution in [3.63, 3.8) is 0 Å². The number of amides is 1. The number of hydrogen-bond acceptors (Lipinski definition) is 3. The summed E-state index contributed by atoms with van der Waals surface area (Å²) in [6.45, 7) is 2.61. The molecule has 2 aromatic rings. The number of rotatable bonds is 2. The number of hydrogen-bond donors (Lipinski definition) is 1. The molecule has 120 valence electrons. The van der Waals surface area contributed by atoms with Crippen LogP contribution in [-0.4, -0.2) is 22.2 Å². The van der Waals surface area contributed by atoms with E-state index in [9.17, 15) is 4.79 Å². The lowest BCUT2D eigenvalue weighted by molar-refractivity contribution is -0.121. The second-order valence-electron chi connectivity index (χ2n) is 5.10. The van der Waals surface area contributed by atoms with Gasteiger partial charge in [0.25, 0.3) is 5.91 Å². The molecule has 0 radical (unpaired) electrons. The molecule has 5 nitrogen and oxygen atoms in total. The standard InChI is InChI=1S/C15H18N4O.2ClH/c1-11(19-10-4-8-17-19)15(20)18-9-3-5-12-13(16)6-2-7-14(12)18;;/h2,4,6-8,10-11H,3,5,9,16H2,1H3;2*1H. The molecule has 1 aromatic carbocycles. The first-order valence-electron chi connectivity index (χ1n) is 6.86. The predicted molar refractivity (Wildman–Crippen MR) is 93.0 cm³/mol. The van der Waals surface area contributed by atoms with Crippen molar-refractivity contribution in [3.05, 3.63) is 42.2 Å². The van der Waals surface area contributed by atoms with Gasteiger partial charge in [0, 0.05) is 30.3 Å². The maximum atomic E-state index is 12.7. The van der Waals surface area contributed by atoms with Crippen molar-refractivity contribution in [3.8, 4) is 0 Å². The number of carbonyl (C=O) groups excluding carboxylic acids is 1. The minimum atomic E-state index is -0.308. The molecule has 1 aliphatic rings. The average molecular weight is 343 g/mol. The third kappa shape index (κ3) is 3.20. The molecule has 2 N–H and O–H groups in total. The van der Waals surface area contributed by atoms with Gasteiger partial charge < -0.3 is 10.6 Å². The van der Waals surface area contributed by atoms with Gasteiger partial charge in [-0.05, 0) is 43.5 Å². The lowest BCUT2D eigenvalue weighted by Crippen LogP contribution is -2.40. The molecule has 2 heterocycles. The van der Waals surface area contributed by atoms with Crippen LogP contribution in [0.5, 0.6) is 0 Å². The van der Waals surface area contributed by atoms with Crippen LogP contribution < -0.4 is 10.6 Å². The highest BCUT2D eigenvalue weighted by atomic mass is 35.5. The largest absolute Gasteiger partial charge is 0.398 e. The minimum absolute atomic E-state index is 0. The average Bonchev–Trinajstić information content (AvgIpc) is 3.00. The van der Waals surface area contributed by atoms with E-state index < -0.39 is 0 Å². The number of nitrogens with zero attached hydrogens (tertiary/aromatic N) is 3. The lowest BCUT2D eigenvalue weighted by Gasteiger charge is -2.32. The first-order valence-corrected chi connectivity index (χ1v) is 6.86. The molecule has 22 heavy (non-hydrogen) atoms. The van der Waals surface area contributed by atoms with Crippen LogP contribution in [0.4, 0.5) is 11.4 Å². The molecule has 0 bridgehead atoms. The molecule has 0 saturated heterocycles. The molecule has 1 aliphatic heterocycles. The summed E-state index contributed by atoms with van der Waals surface area (Å²) in [5, 5.41) is 4.15. The Hall–Kier alpha value is -1.72. The van der Waals surface area contributed by atoms with E-state index in [1.807, 2.05) is 42.3 Å². The van der Waals surface area contributed by atoms with E-state index >= 15 is 0 Å². The second kappa shape index (κ2) is 7.51. The summed E-state index contributed by atoms with van der Waals surface area (Å²) in [5.41, 5.74) is 8.82. The Kier molecular flexibility index (Phi) is 6.26. The van der Waals surface area contributed by atoms with Crippen molar-refractivity contribution in [2.45, 2.75) is 25.8 Å². The van der Waals surface area contributed by atoms with Gasteiger partial charge in [-0.3, -0.25) is 9.48 Å². The van der Waals surface area contributed by atoms with Crippen LogP contribution in [-0.2, 0) is 11.2 Å². The van der Waals surface area contributed by atoms with Crippen molar-refractivity contribution < 1.29 is 4.79 Å². The van der Waals surface area contributed by atoms with Crippen molar-refractivity contribution in [1.29, 1.82) is 0 Å². The summed E-state index contributed by atoms with van der Waals surface area (Å²) in [6.07, 6.45) is 5.37. The van der Waals surface area contributed by atoms with Gasteiger partial charge in [0.2, 0.25) is 0 Å². The molecule has 1 aromatic heterocycles. The molecule has 0 spiro atoms. The number of aromatic nitrogens is 2. The van der Waals surface area contributed by atoms with Crippen molar-refractivity contribution >= 4 is 42.1 Å². The molecule has 1 amide bonds. The van der Waals surface area contributed by atoms with Gasteiger partial charge in [0.05, 0.1) is 0 Å². The monoisotopic (exact) mass is 342 g/mol. The number of nitrogens with two attached hydrogens (primary N) is 1. The summed E-state index contributed by atoms with van der Waals surface area (Å²) in [6, 6.07) is 7.28. The van der Waals surface area contributed by atoms with Crippen LogP contribution in [0.1, 0.15) is 24.9 Å². The fourth-order valence-corrected chi connectivity index (χ4v) is 2.73. The summed E-state index contributed by atoms with van der Waals surface area (Å²) in [4.78, 5) is 14.5. The Morgan fingerprint density at radius 3 is 2.77 bits per heavy atom. The maximum absolute atomic E-state index is 12.7. The van der Waals surface area contributed by atoms with Crippen LogP contribution in [0, 0.1) is 0 Å². The Bertz CT molecular complexity index is 630. The normalized spacial score (nSPS) is 14.3. The zero-order valence-corrected chi connectivity index (χ0v) is 13.9. The topological polar surface area (TPSA) is 64.2 Å². The van der Waals surface area contributed by atoms with E-state index in [-0.39, 0.29) is 36.8 Å². The SMILES string of the molecule is CC(C(=O)N1CCCc2c(N)cccc21)n1cccn1.Cl.Cl. The van der Waals surface area contributed by atoms with Crippen LogP contribution >= 0.6 is 24.8 Å². The Morgan fingerprint density at radius 2 is 2.09 bits per heavy atom. The van der Waals surface area contributed by atoms with E-state index in [4.69, 9.17) is 5.73 Å². The summed E-state index contributed by atoms with van der Waals surface area (Å²) < 4.78 is 1.68. The number of benzene rings is 1. The van der Waals surface area contributed by atoms with Gasteiger partial charge in [0.1, 0.15) is 6.04 Å². The van der Waals surface area contributed by atoms with Crippen LogP contribution in [0.2, 0.25) is 0 Å². The zero-order chi connectivity index (χ0) is 14.1. The van der Waals surface area contributed by atoms with Crippen molar-refractivity contribution in [1.82, 2.24) is 9.78 Å². The van der Waals surface area contributed by atoms with Crippen LogP contribution in [0.15, 0.2) is 36.7 Å². The summed E-state index contributed by atoms with van der Waals surface area (Å²) in [5.74, 6) is 0.0558. The third-order valence-electron chi connectivity index (χ3n) is 3.83. The molecular formula is C15H20Cl2N4O. The van der Waals surface area contributed by atoms with E-state index in [1.165, 1.54) is 0 Å². The van der Waals surface area contributed by atoms with E-state index in [0.717, 1.165) is 36.3 Å². The lowest BCUT2D eigenvalue weighted by atomic mass is 9.99. The minimum Gasteiger partial charge on any atom is -0.398 e. The van der Waals surface area contributed by atoms with Gasteiger partial charge in [-0.2, -0.15) is 5.10 Å². The Balaban J connectivity index is 0.00000121. The quantitative estimate of drug-likeness (QED) is 0.853. The van der Waals surface area contributed by atoms with E-state index in [1.54, 1.807) is 10.9 Å². The number of anilines is 2. The molecule has 0 fully saturated rings. The van der Waals surface area contributed by atoms with E-state index in [0.29, 0.717) is 0 Å². The maximum Gasteiger partial charge on any atom is 0.251 e. The molecule has 0 aliphatic carbocycles. The highest BCUT2D eigenvalue weighted by Gasteiger charge is 2.28. The molecule has 3 rings (SSSR count). The molecule has 0 saturated carbocycles. The molecule has 1 unspecified atom stereocenters. The fraction of sp³-hybridized carbons (Fsp3) is 0.333. The van der Waals surface area contributed by atoms with Crippen molar-refractivity contribution in [2.24, 2.45) is 0 Å². The predicted octanol–water partition coefficient (Wildman–Crippen LogP) is 2.85. The van der Waals surface area contributed by atoms with Gasteiger partial charge in [-0.15, -0.1) is 24.8 Å². The highest BCUT2D eigenvalue weighted by molar-refractivity contribution is 5.97.